The number of esters is 2. The molecule has 0 aliphatic heterocycles. The van der Waals surface area contributed by atoms with Gasteiger partial charge in [0.2, 0.25) is 0 Å². The van der Waals surface area contributed by atoms with Crippen molar-refractivity contribution >= 4 is 11.9 Å². The van der Waals surface area contributed by atoms with E-state index in [1.165, 1.54) is 7.11 Å². The molecule has 0 saturated carbocycles. The number of hydrogen-bond acceptors (Lipinski definition) is 7. The highest BCUT2D eigenvalue weighted by molar-refractivity contribution is 5.98. The highest BCUT2D eigenvalue weighted by Crippen LogP contribution is 2.19. The molecule has 0 amide bonds. The van der Waals surface area contributed by atoms with Crippen LogP contribution in [0.3, 0.4) is 0 Å². The molecule has 0 aliphatic rings. The van der Waals surface area contributed by atoms with Crippen LogP contribution in [0.5, 0.6) is 0 Å². The van der Waals surface area contributed by atoms with Crippen LogP contribution in [-0.2, 0) is 22.6 Å². The van der Waals surface area contributed by atoms with E-state index in [1.807, 2.05) is 6.92 Å². The van der Waals surface area contributed by atoms with Crippen molar-refractivity contribution in [3.05, 3.63) is 28.3 Å². The van der Waals surface area contributed by atoms with Crippen LogP contribution in [0, 0.1) is 13.8 Å². The summed E-state index contributed by atoms with van der Waals surface area (Å²) < 4.78 is 11.5. The number of hydrogen-bond donors (Lipinski definition) is 1. The minimum absolute atomic E-state index is 0.0447. The molecule has 0 bridgehead atoms. The van der Waals surface area contributed by atoms with Crippen molar-refractivity contribution in [3.8, 4) is 0 Å². The average molecular weight is 321 g/mol. The lowest BCUT2D eigenvalue weighted by atomic mass is 10.1. The van der Waals surface area contributed by atoms with Gasteiger partial charge in [0.05, 0.1) is 12.7 Å². The third-order valence-electron chi connectivity index (χ3n) is 3.40. The highest BCUT2D eigenvalue weighted by atomic mass is 16.5. The fourth-order valence-corrected chi connectivity index (χ4v) is 2.28. The standard InChI is InChI=1S/C14H19N5O4/c1-5-6-19-10(16-17-18-19)7-23-14(21)12-8(2)11(9(3)15-12)13(20)22-4/h15H,5-7H2,1-4H3. The van der Waals surface area contributed by atoms with Gasteiger partial charge in [0, 0.05) is 12.2 Å². The number of carbonyl (C=O) groups excluding carboxylic acids is 2. The van der Waals surface area contributed by atoms with Crippen molar-refractivity contribution in [2.75, 3.05) is 7.11 Å². The number of tetrazole rings is 1. The number of rotatable bonds is 6. The lowest BCUT2D eigenvalue weighted by molar-refractivity contribution is 0.0449. The van der Waals surface area contributed by atoms with Crippen LogP contribution in [0.1, 0.15) is 51.3 Å². The minimum Gasteiger partial charge on any atom is -0.465 e. The van der Waals surface area contributed by atoms with E-state index in [-0.39, 0.29) is 12.3 Å². The van der Waals surface area contributed by atoms with Crippen LogP contribution in [-0.4, -0.2) is 44.2 Å². The van der Waals surface area contributed by atoms with Crippen LogP contribution in [0.15, 0.2) is 0 Å². The number of aryl methyl sites for hydroxylation is 2. The Morgan fingerprint density at radius 3 is 2.65 bits per heavy atom. The normalized spacial score (nSPS) is 10.6. The first kappa shape index (κ1) is 16.7. The SMILES string of the molecule is CCCn1nnnc1COC(=O)c1[nH]c(C)c(C(=O)OC)c1C. The molecule has 0 aromatic carbocycles. The van der Waals surface area contributed by atoms with E-state index >= 15 is 0 Å². The van der Waals surface area contributed by atoms with Crippen molar-refractivity contribution < 1.29 is 19.1 Å². The van der Waals surface area contributed by atoms with E-state index in [4.69, 9.17) is 9.47 Å². The summed E-state index contributed by atoms with van der Waals surface area (Å²) in [6, 6.07) is 0. The Morgan fingerprint density at radius 1 is 1.26 bits per heavy atom. The lowest BCUT2D eigenvalue weighted by Crippen LogP contribution is -2.12. The molecule has 124 valence electrons. The van der Waals surface area contributed by atoms with Gasteiger partial charge in [0.1, 0.15) is 5.69 Å². The summed E-state index contributed by atoms with van der Waals surface area (Å²) in [6.07, 6.45) is 0.864. The van der Waals surface area contributed by atoms with Crippen molar-refractivity contribution in [2.45, 2.75) is 40.3 Å². The van der Waals surface area contributed by atoms with Crippen LogP contribution < -0.4 is 0 Å². The van der Waals surface area contributed by atoms with E-state index in [9.17, 15) is 9.59 Å². The number of H-pyrrole nitrogens is 1. The Morgan fingerprint density at radius 2 is 2.00 bits per heavy atom. The van der Waals surface area contributed by atoms with Gasteiger partial charge < -0.3 is 14.5 Å². The molecule has 0 aliphatic carbocycles. The predicted molar refractivity (Wildman–Crippen MR) is 78.8 cm³/mol. The van der Waals surface area contributed by atoms with E-state index in [1.54, 1.807) is 18.5 Å². The Bertz CT molecular complexity index is 719. The third kappa shape index (κ3) is 3.38. The maximum absolute atomic E-state index is 12.2. The first-order valence-corrected chi connectivity index (χ1v) is 7.19. The van der Waals surface area contributed by atoms with Gasteiger partial charge in [-0.05, 0) is 36.3 Å². The number of methoxy groups -OCH3 is 1. The van der Waals surface area contributed by atoms with Crippen LogP contribution >= 0.6 is 0 Å². The van der Waals surface area contributed by atoms with Gasteiger partial charge in [-0.3, -0.25) is 0 Å². The molecule has 2 rings (SSSR count). The first-order chi connectivity index (χ1) is 11.0. The minimum atomic E-state index is -0.577. The van der Waals surface area contributed by atoms with E-state index in [0.717, 1.165) is 6.42 Å². The fourth-order valence-electron chi connectivity index (χ4n) is 2.28. The summed E-state index contributed by atoms with van der Waals surface area (Å²) in [6.45, 7) is 5.95. The first-order valence-electron chi connectivity index (χ1n) is 7.19. The topological polar surface area (TPSA) is 112 Å². The molecule has 2 aromatic rings. The van der Waals surface area contributed by atoms with Gasteiger partial charge in [0.15, 0.2) is 12.4 Å². The van der Waals surface area contributed by atoms with Crippen LogP contribution in [0.4, 0.5) is 0 Å². The summed E-state index contributed by atoms with van der Waals surface area (Å²) in [5.74, 6) is -0.608. The predicted octanol–water partition coefficient (Wildman–Crippen LogP) is 1.17. The molecule has 0 atom stereocenters. The molecule has 23 heavy (non-hydrogen) atoms. The number of aromatic nitrogens is 5. The van der Waals surface area contributed by atoms with Crippen LogP contribution in [0.2, 0.25) is 0 Å². The second kappa shape index (κ2) is 7.03. The molecule has 2 heterocycles. The Labute approximate surface area is 133 Å². The monoisotopic (exact) mass is 321 g/mol. The second-order valence-corrected chi connectivity index (χ2v) is 5.01. The van der Waals surface area contributed by atoms with Gasteiger partial charge in [-0.1, -0.05) is 6.92 Å². The lowest BCUT2D eigenvalue weighted by Gasteiger charge is -2.05. The fraction of sp³-hybridized carbons (Fsp3) is 0.500. The van der Waals surface area contributed by atoms with Crippen molar-refractivity contribution in [1.82, 2.24) is 25.2 Å². The summed E-state index contributed by atoms with van der Waals surface area (Å²) in [5, 5.41) is 11.2. The molecular formula is C14H19N5O4. The van der Waals surface area contributed by atoms with Crippen molar-refractivity contribution in [2.24, 2.45) is 0 Å². The zero-order chi connectivity index (χ0) is 17.0. The quantitative estimate of drug-likeness (QED) is 0.795. The molecule has 0 saturated heterocycles. The maximum Gasteiger partial charge on any atom is 0.355 e. The molecule has 9 heteroatoms. The van der Waals surface area contributed by atoms with Gasteiger partial charge >= 0.3 is 11.9 Å². The molecule has 0 spiro atoms. The molecule has 0 radical (unpaired) electrons. The largest absolute Gasteiger partial charge is 0.465 e. The number of nitrogens with zero attached hydrogens (tertiary/aromatic N) is 4. The number of ether oxygens (including phenoxy) is 2. The second-order valence-electron chi connectivity index (χ2n) is 5.01. The Kier molecular flexibility index (Phi) is 5.09. The zero-order valence-electron chi connectivity index (χ0n) is 13.5. The summed E-state index contributed by atoms with van der Waals surface area (Å²) >= 11 is 0. The van der Waals surface area contributed by atoms with Gasteiger partial charge in [-0.25, -0.2) is 14.3 Å². The van der Waals surface area contributed by atoms with Gasteiger partial charge in [-0.2, -0.15) is 0 Å². The third-order valence-corrected chi connectivity index (χ3v) is 3.40. The smallest absolute Gasteiger partial charge is 0.355 e. The Balaban J connectivity index is 2.12. The molecule has 0 unspecified atom stereocenters. The van der Waals surface area contributed by atoms with Crippen molar-refractivity contribution in [3.63, 3.8) is 0 Å². The Hall–Kier alpha value is -2.71. The number of nitrogens with one attached hydrogen (secondary N) is 1. The number of carbonyl (C=O) groups is 2. The van der Waals surface area contributed by atoms with Gasteiger partial charge in [-0.15, -0.1) is 5.10 Å². The zero-order valence-corrected chi connectivity index (χ0v) is 13.5. The summed E-state index contributed by atoms with van der Waals surface area (Å²) in [7, 11) is 1.29. The molecular weight excluding hydrogens is 302 g/mol. The molecule has 2 aromatic heterocycles. The van der Waals surface area contributed by atoms with E-state index < -0.39 is 11.9 Å². The van der Waals surface area contributed by atoms with E-state index in [2.05, 4.69) is 20.5 Å². The van der Waals surface area contributed by atoms with Gasteiger partial charge in [0.25, 0.3) is 0 Å². The summed E-state index contributed by atoms with van der Waals surface area (Å²) in [4.78, 5) is 26.8. The summed E-state index contributed by atoms with van der Waals surface area (Å²) in [5.41, 5.74) is 1.61. The average Bonchev–Trinajstić information content (AvgIpc) is 3.09. The molecule has 9 nitrogen and oxygen atoms in total. The molecule has 0 fully saturated rings. The van der Waals surface area contributed by atoms with Crippen LogP contribution in [0.25, 0.3) is 0 Å². The molecule has 1 N–H and O–H groups in total. The maximum atomic E-state index is 12.2. The van der Waals surface area contributed by atoms with E-state index in [0.29, 0.717) is 29.2 Å². The van der Waals surface area contributed by atoms with Crippen molar-refractivity contribution in [1.29, 1.82) is 0 Å². The highest BCUT2D eigenvalue weighted by Gasteiger charge is 2.23. The number of aromatic amines is 1.